The van der Waals surface area contributed by atoms with Crippen molar-refractivity contribution in [3.05, 3.63) is 36.2 Å². The molecule has 0 saturated carbocycles. The van der Waals surface area contributed by atoms with E-state index in [2.05, 4.69) is 38.8 Å². The van der Waals surface area contributed by atoms with E-state index < -0.39 is 0 Å². The van der Waals surface area contributed by atoms with Crippen LogP contribution in [0.3, 0.4) is 0 Å². The monoisotopic (exact) mass is 272 g/mol. The van der Waals surface area contributed by atoms with Crippen LogP contribution in [-0.4, -0.2) is 22.8 Å². The molecule has 0 spiro atoms. The molecule has 0 aliphatic carbocycles. The number of nitrogens with one attached hydrogen (secondary N) is 2. The molecule has 0 saturated heterocycles. The minimum atomic E-state index is 0.836. The van der Waals surface area contributed by atoms with Crippen LogP contribution < -0.4 is 10.6 Å². The fourth-order valence-electron chi connectivity index (χ4n) is 2.22. The van der Waals surface area contributed by atoms with Crippen molar-refractivity contribution in [1.29, 1.82) is 0 Å². The lowest BCUT2D eigenvalue weighted by atomic mass is 10.0. The normalized spacial score (nSPS) is 13.5. The van der Waals surface area contributed by atoms with Crippen molar-refractivity contribution < 1.29 is 0 Å². The van der Waals surface area contributed by atoms with Gasteiger partial charge in [0.05, 0.1) is 0 Å². The van der Waals surface area contributed by atoms with E-state index in [4.69, 9.17) is 0 Å². The summed E-state index contributed by atoms with van der Waals surface area (Å²) in [6.45, 7) is 1.07. The van der Waals surface area contributed by atoms with Gasteiger partial charge in [0, 0.05) is 24.0 Å². The van der Waals surface area contributed by atoms with Gasteiger partial charge in [-0.3, -0.25) is 0 Å². The van der Waals surface area contributed by atoms with Crippen molar-refractivity contribution in [3.63, 3.8) is 0 Å². The molecular formula is C14H16N4S. The Morgan fingerprint density at radius 3 is 3.11 bits per heavy atom. The Hall–Kier alpha value is -1.75. The average Bonchev–Trinajstić information content (AvgIpc) is 2.47. The van der Waals surface area contributed by atoms with Crippen LogP contribution in [0, 0.1) is 0 Å². The number of anilines is 3. The lowest BCUT2D eigenvalue weighted by Gasteiger charge is -2.19. The highest BCUT2D eigenvalue weighted by Crippen LogP contribution is 2.26. The van der Waals surface area contributed by atoms with E-state index in [1.807, 2.05) is 12.3 Å². The Morgan fingerprint density at radius 2 is 2.21 bits per heavy atom. The number of hydrogen-bond acceptors (Lipinski definition) is 5. The first-order valence-corrected chi connectivity index (χ1v) is 7.57. The highest BCUT2D eigenvalue weighted by Gasteiger charge is 2.09. The molecule has 4 nitrogen and oxygen atoms in total. The molecular weight excluding hydrogens is 256 g/mol. The minimum absolute atomic E-state index is 0.836. The van der Waals surface area contributed by atoms with Gasteiger partial charge in [0.1, 0.15) is 17.2 Å². The van der Waals surface area contributed by atoms with E-state index in [1.54, 1.807) is 18.1 Å². The zero-order valence-corrected chi connectivity index (χ0v) is 11.6. The van der Waals surface area contributed by atoms with E-state index in [0.29, 0.717) is 0 Å². The summed E-state index contributed by atoms with van der Waals surface area (Å²) in [7, 11) is 0. The second kappa shape index (κ2) is 5.48. The molecule has 0 unspecified atom stereocenters. The van der Waals surface area contributed by atoms with Crippen LogP contribution in [0.25, 0.3) is 0 Å². The minimum Gasteiger partial charge on any atom is -0.385 e. The molecule has 0 amide bonds. The Morgan fingerprint density at radius 1 is 1.26 bits per heavy atom. The van der Waals surface area contributed by atoms with E-state index >= 15 is 0 Å². The van der Waals surface area contributed by atoms with Crippen molar-refractivity contribution in [3.8, 4) is 0 Å². The Balaban J connectivity index is 1.82. The number of hydrogen-bond donors (Lipinski definition) is 2. The third kappa shape index (κ3) is 2.81. The predicted octanol–water partition coefficient (Wildman–Crippen LogP) is 3.30. The standard InChI is InChI=1S/C14H16N4S/c1-19-14-8-13(16-9-17-14)18-11-4-5-12-10(7-11)3-2-6-15-12/h4-5,7-9,15H,2-3,6H2,1H3,(H,16,17,18). The first-order chi connectivity index (χ1) is 9.35. The SMILES string of the molecule is CSc1cc(Nc2ccc3c(c2)CCCN3)ncn1. The lowest BCUT2D eigenvalue weighted by Crippen LogP contribution is -2.11. The van der Waals surface area contributed by atoms with Crippen LogP contribution in [0.4, 0.5) is 17.2 Å². The van der Waals surface area contributed by atoms with Gasteiger partial charge in [0.25, 0.3) is 0 Å². The molecule has 2 heterocycles. The summed E-state index contributed by atoms with van der Waals surface area (Å²) in [5.41, 5.74) is 3.70. The molecule has 19 heavy (non-hydrogen) atoms. The third-order valence-electron chi connectivity index (χ3n) is 3.17. The van der Waals surface area contributed by atoms with Crippen LogP contribution in [-0.2, 0) is 6.42 Å². The second-order valence-corrected chi connectivity index (χ2v) is 5.30. The second-order valence-electron chi connectivity index (χ2n) is 4.47. The molecule has 0 fully saturated rings. The maximum atomic E-state index is 4.24. The Kier molecular flexibility index (Phi) is 3.55. The highest BCUT2D eigenvalue weighted by atomic mass is 32.2. The van der Waals surface area contributed by atoms with E-state index in [1.165, 1.54) is 17.7 Å². The largest absolute Gasteiger partial charge is 0.385 e. The smallest absolute Gasteiger partial charge is 0.134 e. The van der Waals surface area contributed by atoms with Crippen molar-refractivity contribution >= 4 is 29.0 Å². The van der Waals surface area contributed by atoms with Crippen LogP contribution in [0.2, 0.25) is 0 Å². The average molecular weight is 272 g/mol. The highest BCUT2D eigenvalue weighted by molar-refractivity contribution is 7.98. The quantitative estimate of drug-likeness (QED) is 0.663. The van der Waals surface area contributed by atoms with Gasteiger partial charge in [-0.1, -0.05) is 0 Å². The van der Waals surface area contributed by atoms with Crippen LogP contribution >= 0.6 is 11.8 Å². The summed E-state index contributed by atoms with van der Waals surface area (Å²) in [6.07, 6.45) is 5.93. The number of thioether (sulfide) groups is 1. The molecule has 1 aromatic heterocycles. The Labute approximate surface area is 117 Å². The number of aromatic nitrogens is 2. The molecule has 2 aromatic rings. The molecule has 0 radical (unpaired) electrons. The molecule has 0 bridgehead atoms. The Bertz CT molecular complexity index is 585. The third-order valence-corrected chi connectivity index (χ3v) is 3.81. The molecule has 1 aliphatic heterocycles. The first-order valence-electron chi connectivity index (χ1n) is 6.35. The predicted molar refractivity (Wildman–Crippen MR) is 80.3 cm³/mol. The maximum Gasteiger partial charge on any atom is 0.134 e. The van der Waals surface area contributed by atoms with Gasteiger partial charge in [-0.05, 0) is 42.9 Å². The summed E-state index contributed by atoms with van der Waals surface area (Å²) in [5, 5.41) is 7.72. The van der Waals surface area contributed by atoms with Gasteiger partial charge in [0.2, 0.25) is 0 Å². The maximum absolute atomic E-state index is 4.24. The lowest BCUT2D eigenvalue weighted by molar-refractivity contribution is 0.830. The number of benzene rings is 1. The zero-order chi connectivity index (χ0) is 13.1. The van der Waals surface area contributed by atoms with E-state index in [9.17, 15) is 0 Å². The summed E-state index contributed by atoms with van der Waals surface area (Å²) < 4.78 is 0. The van der Waals surface area contributed by atoms with E-state index in [-0.39, 0.29) is 0 Å². The number of rotatable bonds is 3. The molecule has 98 valence electrons. The van der Waals surface area contributed by atoms with Gasteiger partial charge in [-0.2, -0.15) is 0 Å². The van der Waals surface area contributed by atoms with Gasteiger partial charge in [0.15, 0.2) is 0 Å². The van der Waals surface area contributed by atoms with Gasteiger partial charge >= 0.3 is 0 Å². The van der Waals surface area contributed by atoms with Crippen LogP contribution in [0.15, 0.2) is 35.6 Å². The molecule has 0 atom stereocenters. The van der Waals surface area contributed by atoms with E-state index in [0.717, 1.165) is 29.5 Å². The zero-order valence-electron chi connectivity index (χ0n) is 10.8. The molecule has 5 heteroatoms. The molecule has 3 rings (SSSR count). The summed E-state index contributed by atoms with van der Waals surface area (Å²) >= 11 is 1.62. The number of nitrogens with zero attached hydrogens (tertiary/aromatic N) is 2. The van der Waals surface area contributed by atoms with Gasteiger partial charge < -0.3 is 10.6 Å². The fraction of sp³-hybridized carbons (Fsp3) is 0.286. The fourth-order valence-corrected chi connectivity index (χ4v) is 2.60. The first kappa shape index (κ1) is 12.3. The molecule has 1 aromatic carbocycles. The number of fused-ring (bicyclic) bond motifs is 1. The van der Waals surface area contributed by atoms with Crippen molar-refractivity contribution in [2.45, 2.75) is 17.9 Å². The topological polar surface area (TPSA) is 49.8 Å². The van der Waals surface area contributed by atoms with Gasteiger partial charge in [-0.25, -0.2) is 9.97 Å². The van der Waals surface area contributed by atoms with Crippen molar-refractivity contribution in [1.82, 2.24) is 9.97 Å². The van der Waals surface area contributed by atoms with Crippen LogP contribution in [0.1, 0.15) is 12.0 Å². The van der Waals surface area contributed by atoms with Crippen molar-refractivity contribution in [2.24, 2.45) is 0 Å². The van der Waals surface area contributed by atoms with Crippen LogP contribution in [0.5, 0.6) is 0 Å². The van der Waals surface area contributed by atoms with Gasteiger partial charge in [-0.15, -0.1) is 11.8 Å². The molecule has 2 N–H and O–H groups in total. The summed E-state index contributed by atoms with van der Waals surface area (Å²) in [5.74, 6) is 0.836. The summed E-state index contributed by atoms with van der Waals surface area (Å²) in [6, 6.07) is 8.37. The molecule has 1 aliphatic rings. The van der Waals surface area contributed by atoms with Crippen molar-refractivity contribution in [2.75, 3.05) is 23.4 Å². The summed E-state index contributed by atoms with van der Waals surface area (Å²) in [4.78, 5) is 8.42. The number of aryl methyl sites for hydroxylation is 1.